The normalized spacial score (nSPS) is 15.3. The number of benzene rings is 3. The first-order valence-electron chi connectivity index (χ1n) is 11.3. The van der Waals surface area contributed by atoms with Gasteiger partial charge in [0, 0.05) is 10.2 Å². The Kier molecular flexibility index (Phi) is 8.28. The van der Waals surface area contributed by atoms with E-state index in [9.17, 15) is 9.59 Å². The summed E-state index contributed by atoms with van der Waals surface area (Å²) in [4.78, 5) is 27.7. The van der Waals surface area contributed by atoms with Crippen LogP contribution in [-0.2, 0) is 9.59 Å². The van der Waals surface area contributed by atoms with Crippen molar-refractivity contribution in [3.8, 4) is 5.75 Å². The van der Waals surface area contributed by atoms with Crippen molar-refractivity contribution in [1.29, 1.82) is 0 Å². The number of aryl methyl sites for hydroxylation is 2. The fourth-order valence-electron chi connectivity index (χ4n) is 3.94. The second kappa shape index (κ2) is 11.4. The molecule has 1 aliphatic heterocycles. The third kappa shape index (κ3) is 6.06. The second-order valence-corrected chi connectivity index (χ2v) is 11.1. The molecule has 4 rings (SSSR count). The zero-order valence-corrected chi connectivity index (χ0v) is 23.3. The van der Waals surface area contributed by atoms with Gasteiger partial charge in [-0.2, -0.15) is 0 Å². The van der Waals surface area contributed by atoms with Crippen LogP contribution in [0.2, 0.25) is 0 Å². The van der Waals surface area contributed by atoms with Crippen molar-refractivity contribution in [1.82, 2.24) is 4.90 Å². The highest BCUT2D eigenvalue weighted by atomic mass is 79.9. The predicted octanol–water partition coefficient (Wildman–Crippen LogP) is 7.05. The molecule has 3 aromatic carbocycles. The number of anilines is 1. The smallest absolute Gasteiger partial charge is 0.266 e. The summed E-state index contributed by atoms with van der Waals surface area (Å²) in [5.74, 6) is 0.234. The van der Waals surface area contributed by atoms with Crippen molar-refractivity contribution in [3.63, 3.8) is 0 Å². The SMILES string of the molecule is Cc1cc(Br)cc(C)c1NC(=O)COc1ccc(/C=C2\SC(=S)N([C@H](C)c3ccccc3)C2=O)cc1. The molecule has 1 N–H and O–H groups in total. The topological polar surface area (TPSA) is 58.6 Å². The highest BCUT2D eigenvalue weighted by molar-refractivity contribution is 9.10. The molecule has 0 radical (unpaired) electrons. The lowest BCUT2D eigenvalue weighted by molar-refractivity contribution is -0.123. The highest BCUT2D eigenvalue weighted by Crippen LogP contribution is 2.38. The molecule has 1 saturated heterocycles. The summed E-state index contributed by atoms with van der Waals surface area (Å²) in [5.41, 5.74) is 4.62. The minimum atomic E-state index is -0.233. The molecule has 0 bridgehead atoms. The van der Waals surface area contributed by atoms with Crippen molar-refractivity contribution < 1.29 is 14.3 Å². The summed E-state index contributed by atoms with van der Waals surface area (Å²) in [6.45, 7) is 5.77. The van der Waals surface area contributed by atoms with Crippen LogP contribution in [0.1, 0.15) is 35.2 Å². The van der Waals surface area contributed by atoms with E-state index in [1.807, 2.05) is 81.4 Å². The van der Waals surface area contributed by atoms with Crippen LogP contribution in [0.3, 0.4) is 0 Å². The molecule has 0 spiro atoms. The number of halogens is 1. The van der Waals surface area contributed by atoms with Crippen molar-refractivity contribution in [2.75, 3.05) is 11.9 Å². The van der Waals surface area contributed by atoms with E-state index >= 15 is 0 Å². The molecule has 0 aromatic heterocycles. The van der Waals surface area contributed by atoms with Crippen LogP contribution in [0.4, 0.5) is 5.69 Å². The van der Waals surface area contributed by atoms with Crippen molar-refractivity contribution in [3.05, 3.63) is 98.4 Å². The Morgan fingerprint density at radius 1 is 1.11 bits per heavy atom. The van der Waals surface area contributed by atoms with Crippen LogP contribution >= 0.6 is 39.9 Å². The van der Waals surface area contributed by atoms with Gasteiger partial charge in [0.1, 0.15) is 10.1 Å². The predicted molar refractivity (Wildman–Crippen MR) is 154 cm³/mol. The maximum Gasteiger partial charge on any atom is 0.266 e. The molecule has 1 atom stereocenters. The summed E-state index contributed by atoms with van der Waals surface area (Å²) in [7, 11) is 0. The van der Waals surface area contributed by atoms with Crippen LogP contribution in [0.5, 0.6) is 5.75 Å². The van der Waals surface area contributed by atoms with Gasteiger partial charge >= 0.3 is 0 Å². The van der Waals surface area contributed by atoms with Crippen LogP contribution < -0.4 is 10.1 Å². The molecule has 1 fully saturated rings. The molecule has 0 saturated carbocycles. The molecule has 8 heteroatoms. The summed E-state index contributed by atoms with van der Waals surface area (Å²) >= 11 is 10.3. The van der Waals surface area contributed by atoms with E-state index in [0.717, 1.165) is 32.4 Å². The lowest BCUT2D eigenvalue weighted by Gasteiger charge is -2.23. The van der Waals surface area contributed by atoms with Crippen LogP contribution in [0, 0.1) is 13.8 Å². The van der Waals surface area contributed by atoms with E-state index in [1.54, 1.807) is 17.0 Å². The third-order valence-corrected chi connectivity index (χ3v) is 7.59. The van der Waals surface area contributed by atoms with Crippen molar-refractivity contribution >= 4 is 67.8 Å². The fraction of sp³-hybridized carbons (Fsp3) is 0.179. The Morgan fingerprint density at radius 2 is 1.75 bits per heavy atom. The van der Waals surface area contributed by atoms with E-state index in [2.05, 4.69) is 21.2 Å². The number of carbonyl (C=O) groups is 2. The van der Waals surface area contributed by atoms with Gasteiger partial charge in [-0.25, -0.2) is 0 Å². The van der Waals surface area contributed by atoms with E-state index in [4.69, 9.17) is 17.0 Å². The molecule has 2 amide bonds. The van der Waals surface area contributed by atoms with E-state index in [0.29, 0.717) is 15.0 Å². The van der Waals surface area contributed by atoms with Gasteiger partial charge in [-0.3, -0.25) is 14.5 Å². The summed E-state index contributed by atoms with van der Waals surface area (Å²) in [6, 6.07) is 20.9. The first-order valence-corrected chi connectivity index (χ1v) is 13.4. The number of carbonyl (C=O) groups excluding carboxylic acids is 2. The quantitative estimate of drug-likeness (QED) is 0.240. The first-order chi connectivity index (χ1) is 17.2. The van der Waals surface area contributed by atoms with E-state index in [-0.39, 0.29) is 24.5 Å². The van der Waals surface area contributed by atoms with Gasteiger partial charge in [-0.05, 0) is 73.4 Å². The molecular formula is C28H25BrN2O3S2. The van der Waals surface area contributed by atoms with Crippen LogP contribution in [0.15, 0.2) is 76.1 Å². The van der Waals surface area contributed by atoms with Crippen LogP contribution in [-0.4, -0.2) is 27.6 Å². The Bertz CT molecular complexity index is 1320. The van der Waals surface area contributed by atoms with Gasteiger partial charge in [-0.15, -0.1) is 0 Å². The molecule has 36 heavy (non-hydrogen) atoms. The Hall–Kier alpha value is -2.94. The molecule has 0 aliphatic carbocycles. The fourth-order valence-corrected chi connectivity index (χ4v) is 6.04. The maximum absolute atomic E-state index is 13.1. The number of thioether (sulfide) groups is 1. The number of thiocarbonyl (C=S) groups is 1. The number of nitrogens with zero attached hydrogens (tertiary/aromatic N) is 1. The van der Waals surface area contributed by atoms with Gasteiger partial charge in [0.2, 0.25) is 0 Å². The number of nitrogens with one attached hydrogen (secondary N) is 1. The van der Waals surface area contributed by atoms with E-state index < -0.39 is 0 Å². The highest BCUT2D eigenvalue weighted by Gasteiger charge is 2.35. The zero-order valence-electron chi connectivity index (χ0n) is 20.1. The molecule has 3 aromatic rings. The molecule has 184 valence electrons. The second-order valence-electron chi connectivity index (χ2n) is 8.46. The van der Waals surface area contributed by atoms with Crippen LogP contribution in [0.25, 0.3) is 6.08 Å². The van der Waals surface area contributed by atoms with Gasteiger partial charge < -0.3 is 10.1 Å². The number of rotatable bonds is 7. The average Bonchev–Trinajstić information content (AvgIpc) is 3.13. The number of hydrogen-bond donors (Lipinski definition) is 1. The molecule has 5 nitrogen and oxygen atoms in total. The average molecular weight is 582 g/mol. The minimum Gasteiger partial charge on any atom is -0.484 e. The lowest BCUT2D eigenvalue weighted by Crippen LogP contribution is -2.30. The minimum absolute atomic E-state index is 0.100. The first kappa shape index (κ1) is 26.1. The molecule has 1 heterocycles. The molecular weight excluding hydrogens is 556 g/mol. The zero-order chi connectivity index (χ0) is 25.8. The monoisotopic (exact) mass is 580 g/mol. The van der Waals surface area contributed by atoms with Crippen molar-refractivity contribution in [2.45, 2.75) is 26.8 Å². The Balaban J connectivity index is 1.37. The van der Waals surface area contributed by atoms with Crippen molar-refractivity contribution in [2.24, 2.45) is 0 Å². The molecule has 1 aliphatic rings. The maximum atomic E-state index is 13.1. The lowest BCUT2D eigenvalue weighted by atomic mass is 10.1. The largest absolute Gasteiger partial charge is 0.484 e. The summed E-state index contributed by atoms with van der Waals surface area (Å²) in [5, 5.41) is 2.92. The van der Waals surface area contributed by atoms with E-state index in [1.165, 1.54) is 11.8 Å². The number of hydrogen-bond acceptors (Lipinski definition) is 5. The summed E-state index contributed by atoms with van der Waals surface area (Å²) in [6.07, 6.45) is 1.83. The third-order valence-electron chi connectivity index (χ3n) is 5.80. The standard InChI is InChI=1S/C28H25BrN2O3S2/c1-17-13-22(29)14-18(2)26(17)30-25(32)16-34-23-11-9-20(10-12-23)15-24-27(33)31(28(35)36-24)19(3)21-7-5-4-6-8-21/h4-15,19H,16H2,1-3H3,(H,30,32)/b24-15-/t19-/m1/s1. The van der Waals surface area contributed by atoms with Gasteiger partial charge in [0.15, 0.2) is 6.61 Å². The summed E-state index contributed by atoms with van der Waals surface area (Å²) < 4.78 is 7.18. The van der Waals surface area contributed by atoms with Gasteiger partial charge in [-0.1, -0.05) is 82.4 Å². The Morgan fingerprint density at radius 3 is 2.39 bits per heavy atom. The number of amides is 2. The molecule has 0 unspecified atom stereocenters. The van der Waals surface area contributed by atoms with Gasteiger partial charge in [0.25, 0.3) is 11.8 Å². The Labute approximate surface area is 229 Å². The number of ether oxygens (including phenoxy) is 1. The van der Waals surface area contributed by atoms with Gasteiger partial charge in [0.05, 0.1) is 10.9 Å².